The largest absolute Gasteiger partial charge is 0.480 e. The molecule has 0 aromatic rings. The van der Waals surface area contributed by atoms with Gasteiger partial charge in [0.2, 0.25) is 10.0 Å². The number of sulfonamides is 1. The summed E-state index contributed by atoms with van der Waals surface area (Å²) < 4.78 is 29.7. The predicted octanol–water partition coefficient (Wildman–Crippen LogP) is -0.423. The van der Waals surface area contributed by atoms with Crippen molar-refractivity contribution in [2.75, 3.05) is 7.11 Å². The van der Waals surface area contributed by atoms with E-state index in [0.29, 0.717) is 0 Å². The quantitative estimate of drug-likeness (QED) is 0.632. The second-order valence-corrected chi connectivity index (χ2v) is 5.92. The minimum absolute atomic E-state index is 0.349. The minimum atomic E-state index is -4.11. The lowest BCUT2D eigenvalue weighted by atomic mass is 10.1. The lowest BCUT2D eigenvalue weighted by Crippen LogP contribution is -2.49. The van der Waals surface area contributed by atoms with Gasteiger partial charge in [-0.1, -0.05) is 13.8 Å². The summed E-state index contributed by atoms with van der Waals surface area (Å²) in [6, 6.07) is -1.09. The van der Waals surface area contributed by atoms with Gasteiger partial charge in [0, 0.05) is 0 Å². The van der Waals surface area contributed by atoms with E-state index in [2.05, 4.69) is 4.74 Å². The molecule has 7 nitrogen and oxygen atoms in total. The molecule has 100 valence electrons. The molecule has 0 heterocycles. The summed E-state index contributed by atoms with van der Waals surface area (Å²) in [6.07, 6.45) is 0. The number of carbonyl (C=O) groups is 2. The van der Waals surface area contributed by atoms with Crippen molar-refractivity contribution in [3.8, 4) is 0 Å². The van der Waals surface area contributed by atoms with Gasteiger partial charge in [-0.05, 0) is 12.8 Å². The summed E-state index contributed by atoms with van der Waals surface area (Å²) >= 11 is 0. The molecule has 0 aromatic heterocycles. The Bertz CT molecular complexity index is 388. The van der Waals surface area contributed by atoms with Gasteiger partial charge in [0.15, 0.2) is 5.25 Å². The second kappa shape index (κ2) is 5.97. The molecule has 0 rings (SSSR count). The van der Waals surface area contributed by atoms with Crippen LogP contribution in [0.5, 0.6) is 0 Å². The molecule has 2 atom stereocenters. The van der Waals surface area contributed by atoms with Crippen LogP contribution in [0.3, 0.4) is 0 Å². The van der Waals surface area contributed by atoms with Crippen LogP contribution in [0.1, 0.15) is 20.8 Å². The van der Waals surface area contributed by atoms with Gasteiger partial charge in [-0.2, -0.15) is 4.72 Å². The van der Waals surface area contributed by atoms with E-state index >= 15 is 0 Å². The van der Waals surface area contributed by atoms with Gasteiger partial charge in [0.25, 0.3) is 0 Å². The Hall–Kier alpha value is -1.15. The first-order valence-electron chi connectivity index (χ1n) is 4.95. The Kier molecular flexibility index (Phi) is 5.56. The van der Waals surface area contributed by atoms with Crippen molar-refractivity contribution in [2.24, 2.45) is 5.92 Å². The van der Waals surface area contributed by atoms with Crippen molar-refractivity contribution in [2.45, 2.75) is 32.1 Å². The fourth-order valence-electron chi connectivity index (χ4n) is 0.995. The smallest absolute Gasteiger partial charge is 0.324 e. The average molecular weight is 267 g/mol. The first-order valence-corrected chi connectivity index (χ1v) is 6.50. The van der Waals surface area contributed by atoms with Gasteiger partial charge >= 0.3 is 11.9 Å². The van der Waals surface area contributed by atoms with Crippen LogP contribution in [0.2, 0.25) is 0 Å². The van der Waals surface area contributed by atoms with Crippen LogP contribution < -0.4 is 4.72 Å². The number of carboxylic acids is 1. The SMILES string of the molecule is COC(=O)[C@@H](NS(=O)(=O)C(C)C(=O)O)C(C)C. The lowest BCUT2D eigenvalue weighted by molar-refractivity contribution is -0.144. The fraction of sp³-hybridized carbons (Fsp3) is 0.778. The maximum Gasteiger partial charge on any atom is 0.324 e. The summed E-state index contributed by atoms with van der Waals surface area (Å²) in [4.78, 5) is 21.9. The van der Waals surface area contributed by atoms with Crippen molar-refractivity contribution < 1.29 is 27.9 Å². The van der Waals surface area contributed by atoms with Gasteiger partial charge < -0.3 is 9.84 Å². The highest BCUT2D eigenvalue weighted by atomic mass is 32.2. The van der Waals surface area contributed by atoms with Crippen LogP contribution in [0, 0.1) is 5.92 Å². The second-order valence-electron chi connectivity index (χ2n) is 3.89. The van der Waals surface area contributed by atoms with Crippen LogP contribution in [-0.2, 0) is 24.3 Å². The van der Waals surface area contributed by atoms with Gasteiger partial charge in [-0.3, -0.25) is 9.59 Å². The highest BCUT2D eigenvalue weighted by molar-refractivity contribution is 7.90. The van der Waals surface area contributed by atoms with Crippen molar-refractivity contribution in [1.29, 1.82) is 0 Å². The average Bonchev–Trinajstić information content (AvgIpc) is 2.23. The number of rotatable bonds is 6. The number of esters is 1. The molecule has 0 saturated heterocycles. The van der Waals surface area contributed by atoms with Crippen molar-refractivity contribution in [3.05, 3.63) is 0 Å². The maximum absolute atomic E-state index is 11.6. The molecule has 2 N–H and O–H groups in total. The van der Waals surface area contributed by atoms with E-state index in [-0.39, 0.29) is 5.92 Å². The Labute approximate surface area is 100 Å². The first kappa shape index (κ1) is 15.9. The van der Waals surface area contributed by atoms with E-state index in [9.17, 15) is 18.0 Å². The highest BCUT2D eigenvalue weighted by Crippen LogP contribution is 2.08. The molecule has 0 aromatic carbocycles. The maximum atomic E-state index is 11.6. The molecule has 0 amide bonds. The third-order valence-electron chi connectivity index (χ3n) is 2.23. The normalized spacial score (nSPS) is 15.4. The molecule has 0 aliphatic carbocycles. The molecule has 0 radical (unpaired) electrons. The number of carbonyl (C=O) groups excluding carboxylic acids is 1. The summed E-state index contributed by atoms with van der Waals surface area (Å²) in [5, 5.41) is 7.00. The number of hydrogen-bond acceptors (Lipinski definition) is 5. The Balaban J connectivity index is 5.01. The molecule has 17 heavy (non-hydrogen) atoms. The number of aliphatic carboxylic acids is 1. The van der Waals surface area contributed by atoms with Gasteiger partial charge in [0.05, 0.1) is 7.11 Å². The number of carboxylic acid groups (broad SMARTS) is 1. The van der Waals surface area contributed by atoms with E-state index < -0.39 is 33.3 Å². The fourth-order valence-corrected chi connectivity index (χ4v) is 2.19. The number of nitrogens with one attached hydrogen (secondary N) is 1. The molecule has 0 saturated carbocycles. The molecule has 0 aliphatic rings. The zero-order chi connectivity index (χ0) is 13.8. The monoisotopic (exact) mass is 267 g/mol. The Morgan fingerprint density at radius 3 is 2.00 bits per heavy atom. The topological polar surface area (TPSA) is 110 Å². The van der Waals surface area contributed by atoms with E-state index in [1.54, 1.807) is 13.8 Å². The van der Waals surface area contributed by atoms with Gasteiger partial charge in [-0.25, -0.2) is 8.42 Å². The van der Waals surface area contributed by atoms with E-state index in [1.165, 1.54) is 0 Å². The third kappa shape index (κ3) is 4.31. The molecular weight excluding hydrogens is 250 g/mol. The molecular formula is C9H17NO6S. The molecule has 8 heteroatoms. The van der Waals surface area contributed by atoms with Crippen LogP contribution in [-0.4, -0.2) is 43.9 Å². The zero-order valence-electron chi connectivity index (χ0n) is 10.1. The van der Waals surface area contributed by atoms with Gasteiger partial charge in [0.1, 0.15) is 6.04 Å². The predicted molar refractivity (Wildman–Crippen MR) is 59.8 cm³/mol. The van der Waals surface area contributed by atoms with Crippen LogP contribution in [0.4, 0.5) is 0 Å². The van der Waals surface area contributed by atoms with Crippen molar-refractivity contribution in [3.63, 3.8) is 0 Å². The van der Waals surface area contributed by atoms with Gasteiger partial charge in [-0.15, -0.1) is 0 Å². The summed E-state index contributed by atoms with van der Waals surface area (Å²) in [6.45, 7) is 4.27. The molecule has 0 bridgehead atoms. The lowest BCUT2D eigenvalue weighted by Gasteiger charge is -2.20. The molecule has 0 aliphatic heterocycles. The Morgan fingerprint density at radius 1 is 1.24 bits per heavy atom. The number of methoxy groups -OCH3 is 1. The number of hydrogen-bond donors (Lipinski definition) is 2. The van der Waals surface area contributed by atoms with Crippen LogP contribution >= 0.6 is 0 Å². The minimum Gasteiger partial charge on any atom is -0.480 e. The van der Waals surface area contributed by atoms with E-state index in [4.69, 9.17) is 5.11 Å². The Morgan fingerprint density at radius 2 is 1.71 bits per heavy atom. The van der Waals surface area contributed by atoms with Crippen molar-refractivity contribution in [1.82, 2.24) is 4.72 Å². The van der Waals surface area contributed by atoms with Crippen LogP contribution in [0.15, 0.2) is 0 Å². The van der Waals surface area contributed by atoms with E-state index in [0.717, 1.165) is 14.0 Å². The van der Waals surface area contributed by atoms with Crippen LogP contribution in [0.25, 0.3) is 0 Å². The highest BCUT2D eigenvalue weighted by Gasteiger charge is 2.34. The zero-order valence-corrected chi connectivity index (χ0v) is 10.9. The summed E-state index contributed by atoms with van der Waals surface area (Å²) in [5.74, 6) is -2.58. The third-order valence-corrected chi connectivity index (χ3v) is 3.94. The molecule has 1 unspecified atom stereocenters. The number of ether oxygens (including phenoxy) is 1. The first-order chi connectivity index (χ1) is 7.63. The summed E-state index contributed by atoms with van der Waals surface area (Å²) in [7, 11) is -2.98. The van der Waals surface area contributed by atoms with E-state index in [1.807, 2.05) is 4.72 Å². The molecule has 0 spiro atoms. The standard InChI is InChI=1S/C9H17NO6S/c1-5(2)7(9(13)16-4)10-17(14,15)6(3)8(11)12/h5-7,10H,1-4H3,(H,11,12)/t6?,7-/m0/s1. The van der Waals surface area contributed by atoms with Crippen molar-refractivity contribution >= 4 is 22.0 Å². The summed E-state index contributed by atoms with van der Waals surface area (Å²) in [5.41, 5.74) is 0. The molecule has 0 fully saturated rings.